The van der Waals surface area contributed by atoms with Gasteiger partial charge in [-0.25, -0.2) is 9.18 Å². The Bertz CT molecular complexity index is 1270. The summed E-state index contributed by atoms with van der Waals surface area (Å²) in [6, 6.07) is 9.11. The minimum atomic E-state index is -0.769. The van der Waals surface area contributed by atoms with E-state index < -0.39 is 28.5 Å². The molecule has 9 nitrogen and oxygen atoms in total. The highest BCUT2D eigenvalue weighted by Gasteiger charge is 2.27. The van der Waals surface area contributed by atoms with Crippen LogP contribution in [0.5, 0.6) is 0 Å². The summed E-state index contributed by atoms with van der Waals surface area (Å²) in [7, 11) is 1.16. The fourth-order valence-corrected chi connectivity index (χ4v) is 4.09. The first kappa shape index (κ1) is 23.5. The van der Waals surface area contributed by atoms with E-state index in [4.69, 9.17) is 4.74 Å². The largest absolute Gasteiger partial charge is 0.465 e. The number of esters is 1. The number of carbonyl (C=O) groups is 3. The van der Waals surface area contributed by atoms with Crippen molar-refractivity contribution in [3.8, 4) is 0 Å². The smallest absolute Gasteiger partial charge is 0.341 e. The number of nitro benzene ring substituents is 1. The monoisotopic (exact) mass is 471 g/mol. The summed E-state index contributed by atoms with van der Waals surface area (Å²) in [5.41, 5.74) is 0.771. The van der Waals surface area contributed by atoms with E-state index in [1.807, 2.05) is 0 Å². The SMILES string of the molecule is COC(=O)c1c(NC(=O)c2ccc(C)c([N+](=O)[O-])c2)sc(C(=O)Nc2ccc(F)cc2)c1C. The lowest BCUT2D eigenvalue weighted by molar-refractivity contribution is -0.385. The molecule has 0 unspecified atom stereocenters. The molecule has 2 aromatic carbocycles. The van der Waals surface area contributed by atoms with E-state index >= 15 is 0 Å². The number of hydrogen-bond donors (Lipinski definition) is 2. The average Bonchev–Trinajstić information content (AvgIpc) is 3.10. The standard InChI is InChI=1S/C22H18FN3O6S/c1-11-4-5-13(10-16(11)26(30)31)19(27)25-21-17(22(29)32-3)12(2)18(33-21)20(28)24-15-8-6-14(23)7-9-15/h4-10H,1-3H3,(H,24,28)(H,25,27). The van der Waals surface area contributed by atoms with Gasteiger partial charge >= 0.3 is 5.97 Å². The maximum Gasteiger partial charge on any atom is 0.341 e. The van der Waals surface area contributed by atoms with Crippen LogP contribution in [-0.2, 0) is 4.74 Å². The zero-order valence-corrected chi connectivity index (χ0v) is 18.5. The second-order valence-corrected chi connectivity index (χ2v) is 7.95. The molecule has 2 N–H and O–H groups in total. The Hall–Kier alpha value is -4.12. The zero-order valence-electron chi connectivity index (χ0n) is 17.7. The number of benzene rings is 2. The number of amides is 2. The number of rotatable bonds is 6. The number of thiophene rings is 1. The fraction of sp³-hybridized carbons (Fsp3) is 0.136. The molecule has 33 heavy (non-hydrogen) atoms. The number of anilines is 2. The number of methoxy groups -OCH3 is 1. The predicted molar refractivity (Wildman–Crippen MR) is 121 cm³/mol. The number of nitrogens with one attached hydrogen (secondary N) is 2. The quantitative estimate of drug-likeness (QED) is 0.305. The van der Waals surface area contributed by atoms with Crippen LogP contribution in [0.2, 0.25) is 0 Å². The van der Waals surface area contributed by atoms with E-state index in [1.165, 1.54) is 43.3 Å². The molecule has 0 aliphatic heterocycles. The number of halogens is 1. The number of ether oxygens (including phenoxy) is 1. The van der Waals surface area contributed by atoms with Crippen molar-refractivity contribution in [2.75, 3.05) is 17.7 Å². The minimum Gasteiger partial charge on any atom is -0.465 e. The molecule has 11 heteroatoms. The lowest BCUT2D eigenvalue weighted by Gasteiger charge is -2.07. The zero-order chi connectivity index (χ0) is 24.3. The van der Waals surface area contributed by atoms with Gasteiger partial charge in [0.1, 0.15) is 10.8 Å². The van der Waals surface area contributed by atoms with Gasteiger partial charge in [-0.05, 0) is 49.7 Å². The first-order chi connectivity index (χ1) is 15.6. The van der Waals surface area contributed by atoms with Crippen LogP contribution >= 0.6 is 11.3 Å². The molecule has 0 atom stereocenters. The van der Waals surface area contributed by atoms with Crippen molar-refractivity contribution in [3.05, 3.63) is 85.5 Å². The molecule has 0 aliphatic rings. The second kappa shape index (κ2) is 9.57. The normalized spacial score (nSPS) is 10.4. The summed E-state index contributed by atoms with van der Waals surface area (Å²) < 4.78 is 17.9. The summed E-state index contributed by atoms with van der Waals surface area (Å²) >= 11 is 0.844. The van der Waals surface area contributed by atoms with Gasteiger partial charge < -0.3 is 15.4 Å². The predicted octanol–water partition coefficient (Wildman–Crippen LogP) is 4.70. The van der Waals surface area contributed by atoms with E-state index in [0.29, 0.717) is 11.3 Å². The highest BCUT2D eigenvalue weighted by Crippen LogP contribution is 2.35. The Morgan fingerprint density at radius 3 is 2.30 bits per heavy atom. The van der Waals surface area contributed by atoms with E-state index in [0.717, 1.165) is 24.5 Å². The van der Waals surface area contributed by atoms with Gasteiger partial charge in [0.15, 0.2) is 0 Å². The maximum absolute atomic E-state index is 13.1. The summed E-state index contributed by atoms with van der Waals surface area (Å²) in [5, 5.41) is 16.4. The summed E-state index contributed by atoms with van der Waals surface area (Å²) in [5.74, 6) is -2.50. The number of aryl methyl sites for hydroxylation is 1. The lowest BCUT2D eigenvalue weighted by atomic mass is 10.1. The third kappa shape index (κ3) is 5.04. The third-order valence-electron chi connectivity index (χ3n) is 4.74. The van der Waals surface area contributed by atoms with Crippen molar-refractivity contribution >= 4 is 45.5 Å². The molecule has 0 aliphatic carbocycles. The Kier molecular flexibility index (Phi) is 6.83. The Morgan fingerprint density at radius 2 is 1.70 bits per heavy atom. The topological polar surface area (TPSA) is 128 Å². The van der Waals surface area contributed by atoms with E-state index in [1.54, 1.807) is 6.92 Å². The van der Waals surface area contributed by atoms with Crippen molar-refractivity contribution in [1.29, 1.82) is 0 Å². The van der Waals surface area contributed by atoms with Crippen LogP contribution in [0.1, 0.15) is 41.5 Å². The van der Waals surface area contributed by atoms with Crippen LogP contribution in [-0.4, -0.2) is 29.8 Å². The molecule has 3 aromatic rings. The molecule has 0 bridgehead atoms. The summed E-state index contributed by atoms with van der Waals surface area (Å²) in [6.45, 7) is 3.07. The van der Waals surface area contributed by atoms with Crippen molar-refractivity contribution < 1.29 is 28.4 Å². The Labute approximate surface area is 191 Å². The lowest BCUT2D eigenvalue weighted by Crippen LogP contribution is -2.15. The molecule has 170 valence electrons. The molecule has 0 radical (unpaired) electrons. The van der Waals surface area contributed by atoms with Crippen molar-refractivity contribution in [2.45, 2.75) is 13.8 Å². The second-order valence-electron chi connectivity index (χ2n) is 6.93. The molecule has 1 heterocycles. The number of nitrogens with zero attached hydrogens (tertiary/aromatic N) is 1. The highest BCUT2D eigenvalue weighted by molar-refractivity contribution is 7.19. The van der Waals surface area contributed by atoms with E-state index in [2.05, 4.69) is 10.6 Å². The third-order valence-corrected chi connectivity index (χ3v) is 5.95. The molecular formula is C22H18FN3O6S. The highest BCUT2D eigenvalue weighted by atomic mass is 32.1. The number of nitro groups is 1. The summed E-state index contributed by atoms with van der Waals surface area (Å²) in [4.78, 5) is 48.6. The minimum absolute atomic E-state index is 0.00600. The molecule has 0 saturated carbocycles. The van der Waals surface area contributed by atoms with Gasteiger partial charge in [0, 0.05) is 22.9 Å². The maximum atomic E-state index is 13.1. The Morgan fingerprint density at radius 1 is 1.03 bits per heavy atom. The van der Waals surface area contributed by atoms with Gasteiger partial charge in [-0.15, -0.1) is 11.3 Å². The Balaban J connectivity index is 1.94. The van der Waals surface area contributed by atoms with Crippen LogP contribution in [0.15, 0.2) is 42.5 Å². The fourth-order valence-electron chi connectivity index (χ4n) is 3.01. The van der Waals surface area contributed by atoms with Crippen molar-refractivity contribution in [3.63, 3.8) is 0 Å². The van der Waals surface area contributed by atoms with Gasteiger partial charge in [0.2, 0.25) is 0 Å². The van der Waals surface area contributed by atoms with Gasteiger partial charge in [-0.3, -0.25) is 19.7 Å². The van der Waals surface area contributed by atoms with Crippen LogP contribution in [0, 0.1) is 29.8 Å². The number of hydrogen-bond acceptors (Lipinski definition) is 7. The molecule has 0 fully saturated rings. The van der Waals surface area contributed by atoms with Crippen molar-refractivity contribution in [1.82, 2.24) is 0 Å². The molecular weight excluding hydrogens is 453 g/mol. The van der Waals surface area contributed by atoms with Crippen LogP contribution in [0.4, 0.5) is 20.8 Å². The van der Waals surface area contributed by atoms with E-state index in [-0.39, 0.29) is 32.3 Å². The van der Waals surface area contributed by atoms with Gasteiger partial charge in [-0.1, -0.05) is 6.07 Å². The molecule has 1 aromatic heterocycles. The molecule has 0 saturated heterocycles. The van der Waals surface area contributed by atoms with Crippen LogP contribution < -0.4 is 10.6 Å². The van der Waals surface area contributed by atoms with Crippen LogP contribution in [0.3, 0.4) is 0 Å². The first-order valence-electron chi connectivity index (χ1n) is 9.47. The first-order valence-corrected chi connectivity index (χ1v) is 10.3. The van der Waals surface area contributed by atoms with Gasteiger partial charge in [0.05, 0.1) is 22.5 Å². The molecule has 3 rings (SSSR count). The summed E-state index contributed by atoms with van der Waals surface area (Å²) in [6.07, 6.45) is 0. The van der Waals surface area contributed by atoms with Crippen LogP contribution in [0.25, 0.3) is 0 Å². The number of carbonyl (C=O) groups excluding carboxylic acids is 3. The van der Waals surface area contributed by atoms with Gasteiger partial charge in [0.25, 0.3) is 17.5 Å². The van der Waals surface area contributed by atoms with Gasteiger partial charge in [-0.2, -0.15) is 0 Å². The average molecular weight is 471 g/mol. The molecule has 0 spiro atoms. The molecule has 2 amide bonds. The van der Waals surface area contributed by atoms with E-state index in [9.17, 15) is 28.9 Å². The van der Waals surface area contributed by atoms with Crippen molar-refractivity contribution in [2.24, 2.45) is 0 Å².